The molecule has 0 fully saturated rings. The Morgan fingerprint density at radius 3 is 2.71 bits per heavy atom. The van der Waals surface area contributed by atoms with Gasteiger partial charge in [0.25, 0.3) is 5.91 Å². The van der Waals surface area contributed by atoms with Crippen LogP contribution in [0.5, 0.6) is 0 Å². The van der Waals surface area contributed by atoms with Gasteiger partial charge in [-0.3, -0.25) is 4.79 Å². The first-order valence-electron chi connectivity index (χ1n) is 4.38. The van der Waals surface area contributed by atoms with Crippen LogP contribution in [0.1, 0.15) is 19.4 Å². The Kier molecular flexibility index (Phi) is 1.88. The zero-order chi connectivity index (χ0) is 10.3. The summed E-state index contributed by atoms with van der Waals surface area (Å²) < 4.78 is 13.0. The summed E-state index contributed by atoms with van der Waals surface area (Å²) in [5.74, 6) is -0.468. The Morgan fingerprint density at radius 2 is 2.07 bits per heavy atom. The summed E-state index contributed by atoms with van der Waals surface area (Å²) in [7, 11) is 0. The Balaban J connectivity index is 2.68. The molecular formula is C11H10FNO. The summed E-state index contributed by atoms with van der Waals surface area (Å²) in [5.41, 5.74) is 2.83. The summed E-state index contributed by atoms with van der Waals surface area (Å²) in [6, 6.07) is 4.31. The fourth-order valence-electron chi connectivity index (χ4n) is 1.64. The van der Waals surface area contributed by atoms with Crippen LogP contribution in [0.15, 0.2) is 23.8 Å². The van der Waals surface area contributed by atoms with Crippen molar-refractivity contribution < 1.29 is 9.18 Å². The van der Waals surface area contributed by atoms with E-state index in [0.29, 0.717) is 16.8 Å². The first kappa shape index (κ1) is 8.94. The van der Waals surface area contributed by atoms with Gasteiger partial charge in [0.1, 0.15) is 5.82 Å². The van der Waals surface area contributed by atoms with Gasteiger partial charge in [0.2, 0.25) is 0 Å². The highest BCUT2D eigenvalue weighted by Crippen LogP contribution is 2.33. The number of hydrogen-bond acceptors (Lipinski definition) is 1. The smallest absolute Gasteiger partial charge is 0.256 e. The van der Waals surface area contributed by atoms with E-state index < -0.39 is 0 Å². The van der Waals surface area contributed by atoms with Crippen molar-refractivity contribution in [1.29, 1.82) is 0 Å². The third kappa shape index (κ3) is 1.21. The number of carbonyl (C=O) groups is 1. The molecule has 3 heteroatoms. The van der Waals surface area contributed by atoms with E-state index in [1.807, 2.05) is 13.8 Å². The summed E-state index contributed by atoms with van der Waals surface area (Å²) in [4.78, 5) is 11.5. The van der Waals surface area contributed by atoms with E-state index in [9.17, 15) is 9.18 Å². The van der Waals surface area contributed by atoms with Crippen LogP contribution in [-0.4, -0.2) is 5.91 Å². The highest BCUT2D eigenvalue weighted by atomic mass is 19.1. The largest absolute Gasteiger partial charge is 0.321 e. The van der Waals surface area contributed by atoms with Gasteiger partial charge in [0.15, 0.2) is 0 Å². The maximum absolute atomic E-state index is 13.0. The quantitative estimate of drug-likeness (QED) is 0.627. The maximum atomic E-state index is 13.0. The second-order valence-corrected chi connectivity index (χ2v) is 3.52. The van der Waals surface area contributed by atoms with Crippen molar-refractivity contribution in [3.8, 4) is 0 Å². The molecule has 0 radical (unpaired) electrons. The van der Waals surface area contributed by atoms with Gasteiger partial charge < -0.3 is 5.32 Å². The van der Waals surface area contributed by atoms with Crippen molar-refractivity contribution in [3.05, 3.63) is 35.2 Å². The minimum Gasteiger partial charge on any atom is -0.321 e. The van der Waals surface area contributed by atoms with Crippen LogP contribution in [-0.2, 0) is 4.79 Å². The molecule has 2 nitrogen and oxygen atoms in total. The molecule has 0 unspecified atom stereocenters. The van der Waals surface area contributed by atoms with Gasteiger partial charge in [-0.2, -0.15) is 0 Å². The Morgan fingerprint density at radius 1 is 1.36 bits per heavy atom. The van der Waals surface area contributed by atoms with Gasteiger partial charge in [-0.1, -0.05) is 5.57 Å². The molecule has 0 saturated heterocycles. The highest BCUT2D eigenvalue weighted by Gasteiger charge is 2.25. The minimum absolute atomic E-state index is 0.148. The van der Waals surface area contributed by atoms with E-state index in [4.69, 9.17) is 0 Å². The van der Waals surface area contributed by atoms with Crippen LogP contribution in [0.3, 0.4) is 0 Å². The number of amides is 1. The molecule has 14 heavy (non-hydrogen) atoms. The lowest BCUT2D eigenvalue weighted by Crippen LogP contribution is -2.04. The van der Waals surface area contributed by atoms with Crippen LogP contribution in [0.2, 0.25) is 0 Å². The summed E-state index contributed by atoms with van der Waals surface area (Å²) in [6.45, 7) is 3.68. The van der Waals surface area contributed by atoms with Gasteiger partial charge in [-0.05, 0) is 32.0 Å². The van der Waals surface area contributed by atoms with E-state index in [0.717, 1.165) is 5.57 Å². The molecule has 1 aromatic rings. The molecule has 1 aliphatic rings. The topological polar surface area (TPSA) is 29.1 Å². The maximum Gasteiger partial charge on any atom is 0.256 e. The molecule has 0 saturated carbocycles. The highest BCUT2D eigenvalue weighted by molar-refractivity contribution is 6.32. The lowest BCUT2D eigenvalue weighted by molar-refractivity contribution is -0.110. The molecular weight excluding hydrogens is 181 g/mol. The predicted octanol–water partition coefficient (Wildman–Crippen LogP) is 2.57. The van der Waals surface area contributed by atoms with Crippen molar-refractivity contribution in [3.63, 3.8) is 0 Å². The lowest BCUT2D eigenvalue weighted by atomic mass is 10.0. The summed E-state index contributed by atoms with van der Waals surface area (Å²) in [5, 5.41) is 2.69. The number of nitrogens with one attached hydrogen (secondary N) is 1. The zero-order valence-electron chi connectivity index (χ0n) is 8.02. The van der Waals surface area contributed by atoms with Gasteiger partial charge >= 0.3 is 0 Å². The fraction of sp³-hybridized carbons (Fsp3) is 0.182. The average molecular weight is 191 g/mol. The molecule has 72 valence electrons. The molecule has 0 bridgehead atoms. The Hall–Kier alpha value is -1.64. The van der Waals surface area contributed by atoms with Gasteiger partial charge in [0, 0.05) is 16.8 Å². The summed E-state index contributed by atoms with van der Waals surface area (Å²) >= 11 is 0. The van der Waals surface area contributed by atoms with Crippen molar-refractivity contribution in [2.75, 3.05) is 5.32 Å². The van der Waals surface area contributed by atoms with Crippen LogP contribution in [0.25, 0.3) is 5.57 Å². The third-order valence-electron chi connectivity index (χ3n) is 2.23. The van der Waals surface area contributed by atoms with Gasteiger partial charge in [0.05, 0.1) is 0 Å². The molecule has 0 aromatic heterocycles. The number of fused-ring (bicyclic) bond motifs is 1. The number of rotatable bonds is 0. The number of halogens is 1. The molecule has 1 heterocycles. The molecule has 0 atom stereocenters. The Bertz CT molecular complexity index is 445. The number of carbonyl (C=O) groups excluding carboxylic acids is 1. The van der Waals surface area contributed by atoms with E-state index in [-0.39, 0.29) is 11.7 Å². The van der Waals surface area contributed by atoms with E-state index in [2.05, 4.69) is 5.32 Å². The molecule has 1 N–H and O–H groups in total. The van der Waals surface area contributed by atoms with Gasteiger partial charge in [-0.15, -0.1) is 0 Å². The van der Waals surface area contributed by atoms with Crippen LogP contribution < -0.4 is 5.32 Å². The first-order valence-corrected chi connectivity index (χ1v) is 4.38. The average Bonchev–Trinajstić information content (AvgIpc) is 2.40. The zero-order valence-corrected chi connectivity index (χ0v) is 8.02. The normalized spacial score (nSPS) is 13.9. The molecule has 1 aromatic carbocycles. The van der Waals surface area contributed by atoms with E-state index >= 15 is 0 Å². The molecule has 1 amide bonds. The van der Waals surface area contributed by atoms with Gasteiger partial charge in [-0.25, -0.2) is 4.39 Å². The number of benzene rings is 1. The summed E-state index contributed by atoms with van der Waals surface area (Å²) in [6.07, 6.45) is 0. The minimum atomic E-state index is -0.320. The second-order valence-electron chi connectivity index (χ2n) is 3.52. The van der Waals surface area contributed by atoms with Crippen molar-refractivity contribution in [1.82, 2.24) is 0 Å². The number of hydrogen-bond donors (Lipinski definition) is 1. The van der Waals surface area contributed by atoms with Crippen LogP contribution in [0.4, 0.5) is 10.1 Å². The molecule has 1 aliphatic heterocycles. The first-order chi connectivity index (χ1) is 6.59. The van der Waals surface area contributed by atoms with Crippen molar-refractivity contribution in [2.45, 2.75) is 13.8 Å². The third-order valence-corrected chi connectivity index (χ3v) is 2.23. The van der Waals surface area contributed by atoms with Crippen molar-refractivity contribution >= 4 is 17.2 Å². The lowest BCUT2D eigenvalue weighted by Gasteiger charge is -1.99. The van der Waals surface area contributed by atoms with E-state index in [1.54, 1.807) is 6.07 Å². The molecule has 2 rings (SSSR count). The fourth-order valence-corrected chi connectivity index (χ4v) is 1.64. The molecule has 0 aliphatic carbocycles. The predicted molar refractivity (Wildman–Crippen MR) is 53.3 cm³/mol. The standard InChI is InChI=1S/C11H10FNO/c1-6(2)10-8-5-7(12)3-4-9(8)13-11(10)14/h3-5H,1-2H3,(H,13,14). The van der Waals surface area contributed by atoms with Crippen molar-refractivity contribution in [2.24, 2.45) is 0 Å². The molecule has 0 spiro atoms. The Labute approximate surface area is 81.4 Å². The SMILES string of the molecule is CC(C)=C1C(=O)Nc2ccc(F)cc21. The second kappa shape index (κ2) is 2.94. The van der Waals surface area contributed by atoms with E-state index in [1.165, 1.54) is 12.1 Å². The van der Waals surface area contributed by atoms with Crippen LogP contribution in [0, 0.1) is 5.82 Å². The number of allylic oxidation sites excluding steroid dienone is 1. The monoisotopic (exact) mass is 191 g/mol. The number of anilines is 1. The van der Waals surface area contributed by atoms with Crippen LogP contribution >= 0.6 is 0 Å².